The van der Waals surface area contributed by atoms with E-state index in [-0.39, 0.29) is 0 Å². The van der Waals surface area contributed by atoms with E-state index >= 15 is 0 Å². The zero-order valence-corrected chi connectivity index (χ0v) is 39.3. The Hall–Kier alpha value is -8.55. The Kier molecular flexibility index (Phi) is 10.00. The van der Waals surface area contributed by atoms with Gasteiger partial charge in [-0.1, -0.05) is 212 Å². The molecule has 13 aromatic rings. The van der Waals surface area contributed by atoms with Gasteiger partial charge in [0.2, 0.25) is 0 Å². The van der Waals surface area contributed by atoms with E-state index in [1.165, 1.54) is 68.3 Å². The third kappa shape index (κ3) is 6.91. The van der Waals surface area contributed by atoms with Gasteiger partial charge in [0.1, 0.15) is 0 Å². The summed E-state index contributed by atoms with van der Waals surface area (Å²) >= 11 is 1.85. The number of hydrogen-bond acceptors (Lipinski definition) is 4. The van der Waals surface area contributed by atoms with Gasteiger partial charge < -0.3 is 4.57 Å². The number of nitrogens with zero attached hydrogens (tertiary/aromatic N) is 4. The smallest absolute Gasteiger partial charge is 0.179 e. The third-order valence-corrected chi connectivity index (χ3v) is 19.7. The predicted octanol–water partition coefficient (Wildman–Crippen LogP) is 13.4. The topological polar surface area (TPSA) is 43.6 Å². The van der Waals surface area contributed by atoms with Gasteiger partial charge in [-0.25, -0.2) is 15.0 Å². The van der Waals surface area contributed by atoms with Crippen molar-refractivity contribution in [3.05, 3.63) is 255 Å². The molecule has 0 aliphatic rings. The second kappa shape index (κ2) is 17.0. The number of rotatable bonds is 9. The minimum absolute atomic E-state index is 0.619. The van der Waals surface area contributed by atoms with Crippen LogP contribution in [0.3, 0.4) is 0 Å². The molecular weight excluding hydrogens is 873 g/mol. The lowest BCUT2D eigenvalue weighted by molar-refractivity contribution is 1.07. The number of benzene rings is 10. The summed E-state index contributed by atoms with van der Waals surface area (Å²) in [5.41, 5.74) is 8.57. The van der Waals surface area contributed by atoms with Crippen LogP contribution in [-0.4, -0.2) is 27.6 Å². The quantitative estimate of drug-likeness (QED) is 0.107. The molecule has 0 saturated heterocycles. The van der Waals surface area contributed by atoms with Gasteiger partial charge in [0.15, 0.2) is 25.5 Å². The van der Waals surface area contributed by atoms with Crippen molar-refractivity contribution in [2.24, 2.45) is 0 Å². The fraction of sp³-hybridized carbons (Fsp3) is 0. The Bertz CT molecular complexity index is 3830. The van der Waals surface area contributed by atoms with Gasteiger partial charge in [0.05, 0.1) is 11.0 Å². The van der Waals surface area contributed by atoms with Crippen LogP contribution in [-0.2, 0) is 0 Å². The molecule has 0 spiro atoms. The van der Waals surface area contributed by atoms with Crippen molar-refractivity contribution in [3.63, 3.8) is 0 Å². The van der Waals surface area contributed by atoms with Crippen molar-refractivity contribution < 1.29 is 0 Å². The zero-order chi connectivity index (χ0) is 45.7. The molecule has 0 aliphatic heterocycles. The van der Waals surface area contributed by atoms with E-state index in [0.717, 1.165) is 27.9 Å². The average molecular weight is 915 g/mol. The first-order valence-corrected chi connectivity index (χ1v) is 26.2. The molecule has 0 aliphatic carbocycles. The molecule has 0 unspecified atom stereocenters. The first-order chi connectivity index (χ1) is 34.2. The van der Waals surface area contributed by atoms with Gasteiger partial charge in [0, 0.05) is 53.3 Å². The summed E-state index contributed by atoms with van der Waals surface area (Å²) in [6.07, 6.45) is 0. The SMILES string of the molecule is c1ccc([Si](c2ccccc2)(c2ccccc2)c2ccc(-c3nc(-c4ccc(-c5cccc6c5sc5ccccc56)cc4)nc(-c4ccc(-n5c6ccccc6c6ccccc65)cc4)n3)cc2)cc1. The van der Waals surface area contributed by atoms with Gasteiger partial charge in [-0.15, -0.1) is 11.3 Å². The lowest BCUT2D eigenvalue weighted by Crippen LogP contribution is -2.74. The molecule has 4 nitrogen and oxygen atoms in total. The lowest BCUT2D eigenvalue weighted by Gasteiger charge is -2.34. The third-order valence-electron chi connectivity index (χ3n) is 13.7. The summed E-state index contributed by atoms with van der Waals surface area (Å²) < 4.78 is 4.93. The lowest BCUT2D eigenvalue weighted by atomic mass is 10.0. The fourth-order valence-corrected chi connectivity index (χ4v) is 16.4. The first kappa shape index (κ1) is 40.7. The molecule has 0 N–H and O–H groups in total. The van der Waals surface area contributed by atoms with Crippen LogP contribution in [0, 0.1) is 0 Å². The van der Waals surface area contributed by atoms with E-state index in [4.69, 9.17) is 15.0 Å². The van der Waals surface area contributed by atoms with Crippen LogP contribution in [0.15, 0.2) is 255 Å². The van der Waals surface area contributed by atoms with Crippen LogP contribution >= 0.6 is 11.3 Å². The zero-order valence-electron chi connectivity index (χ0n) is 37.4. The normalized spacial score (nSPS) is 11.8. The van der Waals surface area contributed by atoms with Gasteiger partial charge in [-0.2, -0.15) is 0 Å². The standard InChI is InChI=1S/C63H42N4SSi/c1-4-17-48(18-5-1)69(49-19-6-2-7-20-49,50-21-8-3-9-22-50)51-41-37-46(38-42-51)63-65-61(44-33-31-43(32-34-44)52-26-16-27-56-55-25-12-15-30-59(55)68-60(52)56)64-62(66-63)45-35-39-47(40-36-45)67-57-28-13-10-23-53(57)54-24-11-14-29-58(54)67/h1-42H. The highest BCUT2D eigenvalue weighted by Crippen LogP contribution is 2.40. The largest absolute Gasteiger partial charge is 0.309 e. The molecule has 0 amide bonds. The first-order valence-electron chi connectivity index (χ1n) is 23.3. The molecular formula is C63H42N4SSi. The number of para-hydroxylation sites is 2. The monoisotopic (exact) mass is 914 g/mol. The van der Waals surface area contributed by atoms with E-state index in [2.05, 4.69) is 259 Å². The molecule has 13 rings (SSSR count). The molecule has 0 radical (unpaired) electrons. The van der Waals surface area contributed by atoms with E-state index < -0.39 is 8.07 Å². The molecule has 324 valence electrons. The van der Waals surface area contributed by atoms with Crippen LogP contribution in [0.25, 0.3) is 93.0 Å². The van der Waals surface area contributed by atoms with Crippen molar-refractivity contribution in [1.82, 2.24) is 19.5 Å². The summed E-state index contributed by atoms with van der Waals surface area (Å²) in [4.78, 5) is 15.8. The Morgan fingerprint density at radius 1 is 0.304 bits per heavy atom. The van der Waals surface area contributed by atoms with Crippen molar-refractivity contribution in [2.75, 3.05) is 0 Å². The summed E-state index contributed by atoms with van der Waals surface area (Å²) in [6.45, 7) is 0. The minimum atomic E-state index is -2.73. The van der Waals surface area contributed by atoms with Gasteiger partial charge in [0.25, 0.3) is 0 Å². The number of thiophene rings is 1. The highest BCUT2D eigenvalue weighted by molar-refractivity contribution is 7.26. The summed E-state index contributed by atoms with van der Waals surface area (Å²) in [6, 6.07) is 92.0. The minimum Gasteiger partial charge on any atom is -0.309 e. The van der Waals surface area contributed by atoms with E-state index in [9.17, 15) is 0 Å². The predicted molar refractivity (Wildman–Crippen MR) is 292 cm³/mol. The van der Waals surface area contributed by atoms with Crippen molar-refractivity contribution in [2.45, 2.75) is 0 Å². The van der Waals surface area contributed by atoms with Gasteiger partial charge in [-0.05, 0) is 74.3 Å². The van der Waals surface area contributed by atoms with Gasteiger partial charge in [-0.3, -0.25) is 0 Å². The highest BCUT2D eigenvalue weighted by Gasteiger charge is 2.41. The summed E-state index contributed by atoms with van der Waals surface area (Å²) in [7, 11) is -2.73. The average Bonchev–Trinajstić information content (AvgIpc) is 3.98. The number of fused-ring (bicyclic) bond motifs is 6. The molecule has 3 heterocycles. The summed E-state index contributed by atoms with van der Waals surface area (Å²) in [5.74, 6) is 1.87. The molecule has 0 bridgehead atoms. The van der Waals surface area contributed by atoms with Gasteiger partial charge >= 0.3 is 0 Å². The Morgan fingerprint density at radius 2 is 0.696 bits per heavy atom. The maximum atomic E-state index is 5.26. The maximum Gasteiger partial charge on any atom is 0.179 e. The summed E-state index contributed by atoms with van der Waals surface area (Å²) in [5, 5.41) is 10.3. The molecule has 0 fully saturated rings. The van der Waals surface area contributed by atoms with Crippen molar-refractivity contribution >= 4 is 82.1 Å². The van der Waals surface area contributed by atoms with E-state index in [1.807, 2.05) is 11.3 Å². The highest BCUT2D eigenvalue weighted by atomic mass is 32.1. The van der Waals surface area contributed by atoms with Crippen LogP contribution in [0.2, 0.25) is 0 Å². The fourth-order valence-electron chi connectivity index (χ4n) is 10.4. The molecule has 0 atom stereocenters. The van der Waals surface area contributed by atoms with Crippen molar-refractivity contribution in [3.8, 4) is 51.0 Å². The second-order valence-corrected chi connectivity index (χ2v) is 22.4. The maximum absolute atomic E-state index is 5.26. The molecule has 0 saturated carbocycles. The van der Waals surface area contributed by atoms with Crippen LogP contribution < -0.4 is 20.7 Å². The Labute approximate surface area is 405 Å². The Balaban J connectivity index is 0.941. The van der Waals surface area contributed by atoms with Crippen LogP contribution in [0.5, 0.6) is 0 Å². The molecule has 6 heteroatoms. The number of hydrogen-bond donors (Lipinski definition) is 0. The van der Waals surface area contributed by atoms with E-state index in [0.29, 0.717) is 17.5 Å². The van der Waals surface area contributed by atoms with E-state index in [1.54, 1.807) is 0 Å². The van der Waals surface area contributed by atoms with Crippen LogP contribution in [0.4, 0.5) is 0 Å². The van der Waals surface area contributed by atoms with Crippen LogP contribution in [0.1, 0.15) is 0 Å². The Morgan fingerprint density at radius 3 is 1.22 bits per heavy atom. The van der Waals surface area contributed by atoms with Crippen molar-refractivity contribution in [1.29, 1.82) is 0 Å². The molecule has 3 aromatic heterocycles. The molecule has 69 heavy (non-hydrogen) atoms. The number of aromatic nitrogens is 4. The molecule has 10 aromatic carbocycles. The second-order valence-electron chi connectivity index (χ2n) is 17.5.